The Morgan fingerprint density at radius 1 is 1.22 bits per heavy atom. The number of hydrogen-bond donors (Lipinski definition) is 1. The molecule has 1 aliphatic carbocycles. The van der Waals surface area contributed by atoms with Gasteiger partial charge in [0.05, 0.1) is 0 Å². The quantitative estimate of drug-likeness (QED) is 0.809. The van der Waals surface area contributed by atoms with Gasteiger partial charge < -0.3 is 5.32 Å². The molecular formula is C16H32N2. The highest BCUT2D eigenvalue weighted by atomic mass is 15.2. The second-order valence-electron chi connectivity index (χ2n) is 7.08. The van der Waals surface area contributed by atoms with Crippen LogP contribution in [0.2, 0.25) is 0 Å². The Labute approximate surface area is 114 Å². The van der Waals surface area contributed by atoms with E-state index < -0.39 is 0 Å². The number of rotatable bonds is 5. The minimum absolute atomic E-state index is 0.735. The number of piperidine rings is 1. The van der Waals surface area contributed by atoms with Crippen molar-refractivity contribution in [2.45, 2.75) is 65.5 Å². The summed E-state index contributed by atoms with van der Waals surface area (Å²) in [7, 11) is 0. The van der Waals surface area contributed by atoms with Crippen molar-refractivity contribution in [1.82, 2.24) is 10.2 Å². The summed E-state index contributed by atoms with van der Waals surface area (Å²) >= 11 is 0. The maximum atomic E-state index is 3.79. The monoisotopic (exact) mass is 252 g/mol. The number of likely N-dealkylation sites (tertiary alicyclic amines) is 1. The van der Waals surface area contributed by atoms with Gasteiger partial charge in [-0.3, -0.25) is 4.90 Å². The Balaban J connectivity index is 1.87. The van der Waals surface area contributed by atoms with Crippen molar-refractivity contribution in [2.24, 2.45) is 17.8 Å². The molecular weight excluding hydrogens is 220 g/mol. The Morgan fingerprint density at radius 2 is 2.00 bits per heavy atom. The molecule has 0 radical (unpaired) electrons. The highest BCUT2D eigenvalue weighted by Gasteiger charge is 2.36. The summed E-state index contributed by atoms with van der Waals surface area (Å²) in [6.07, 6.45) is 5.62. The standard InChI is InChI=1S/C16H32N2/c1-5-14-8-15(17-9-12(2)3)11-18(10-14)16-7-6-13(16)4/h12-17H,5-11H2,1-4H3. The van der Waals surface area contributed by atoms with E-state index in [-0.39, 0.29) is 0 Å². The predicted octanol–water partition coefficient (Wildman–Crippen LogP) is 3.13. The van der Waals surface area contributed by atoms with Gasteiger partial charge in [-0.1, -0.05) is 34.1 Å². The Kier molecular flexibility index (Phi) is 5.08. The van der Waals surface area contributed by atoms with E-state index in [1.807, 2.05) is 0 Å². The minimum atomic E-state index is 0.735. The molecule has 0 aromatic heterocycles. The van der Waals surface area contributed by atoms with Crippen LogP contribution in [0.3, 0.4) is 0 Å². The van der Waals surface area contributed by atoms with Gasteiger partial charge in [-0.15, -0.1) is 0 Å². The van der Waals surface area contributed by atoms with Gasteiger partial charge in [-0.2, -0.15) is 0 Å². The van der Waals surface area contributed by atoms with Crippen LogP contribution < -0.4 is 5.32 Å². The van der Waals surface area contributed by atoms with E-state index in [1.165, 1.54) is 45.3 Å². The second-order valence-corrected chi connectivity index (χ2v) is 7.08. The lowest BCUT2D eigenvalue weighted by atomic mass is 9.78. The molecule has 0 amide bonds. The van der Waals surface area contributed by atoms with Crippen LogP contribution in [0.25, 0.3) is 0 Å². The van der Waals surface area contributed by atoms with E-state index in [0.717, 1.165) is 29.8 Å². The van der Waals surface area contributed by atoms with E-state index in [0.29, 0.717) is 0 Å². The van der Waals surface area contributed by atoms with Crippen molar-refractivity contribution in [3.05, 3.63) is 0 Å². The van der Waals surface area contributed by atoms with Crippen molar-refractivity contribution in [1.29, 1.82) is 0 Å². The van der Waals surface area contributed by atoms with Gasteiger partial charge in [0.1, 0.15) is 0 Å². The molecule has 2 nitrogen and oxygen atoms in total. The minimum Gasteiger partial charge on any atom is -0.312 e. The molecule has 4 atom stereocenters. The highest BCUT2D eigenvalue weighted by Crippen LogP contribution is 2.34. The smallest absolute Gasteiger partial charge is 0.0198 e. The summed E-state index contributed by atoms with van der Waals surface area (Å²) in [5.74, 6) is 2.62. The first-order chi connectivity index (χ1) is 8.60. The first-order valence-electron chi connectivity index (χ1n) is 8.07. The molecule has 2 aliphatic rings. The molecule has 4 unspecified atom stereocenters. The fourth-order valence-electron chi connectivity index (χ4n) is 3.55. The van der Waals surface area contributed by atoms with Crippen molar-refractivity contribution in [3.8, 4) is 0 Å². The van der Waals surface area contributed by atoms with Crippen LogP contribution in [-0.2, 0) is 0 Å². The molecule has 0 spiro atoms. The third kappa shape index (κ3) is 3.48. The lowest BCUT2D eigenvalue weighted by Crippen LogP contribution is -2.56. The molecule has 0 bridgehead atoms. The van der Waals surface area contributed by atoms with Gasteiger partial charge in [0.25, 0.3) is 0 Å². The van der Waals surface area contributed by atoms with Crippen LogP contribution in [0.1, 0.15) is 53.4 Å². The van der Waals surface area contributed by atoms with Gasteiger partial charge in [-0.05, 0) is 43.6 Å². The van der Waals surface area contributed by atoms with Gasteiger partial charge in [0.15, 0.2) is 0 Å². The average Bonchev–Trinajstić information content (AvgIpc) is 2.34. The Hall–Kier alpha value is -0.0800. The fraction of sp³-hybridized carbons (Fsp3) is 1.00. The highest BCUT2D eigenvalue weighted by molar-refractivity contribution is 4.92. The molecule has 2 fully saturated rings. The lowest BCUT2D eigenvalue weighted by molar-refractivity contribution is 0.0217. The van der Waals surface area contributed by atoms with E-state index in [4.69, 9.17) is 0 Å². The Bertz CT molecular complexity index is 251. The lowest BCUT2D eigenvalue weighted by Gasteiger charge is -2.48. The van der Waals surface area contributed by atoms with E-state index in [9.17, 15) is 0 Å². The molecule has 1 N–H and O–H groups in total. The molecule has 1 aliphatic heterocycles. The molecule has 0 aromatic carbocycles. The zero-order chi connectivity index (χ0) is 13.1. The zero-order valence-corrected chi connectivity index (χ0v) is 12.8. The SMILES string of the molecule is CCC1CC(NCC(C)C)CN(C2CCC2C)C1. The van der Waals surface area contributed by atoms with Crippen LogP contribution in [-0.4, -0.2) is 36.6 Å². The maximum absolute atomic E-state index is 3.79. The Morgan fingerprint density at radius 3 is 2.50 bits per heavy atom. The summed E-state index contributed by atoms with van der Waals surface area (Å²) in [4.78, 5) is 2.80. The fourth-order valence-corrected chi connectivity index (χ4v) is 3.55. The van der Waals surface area contributed by atoms with Gasteiger partial charge in [0, 0.05) is 25.2 Å². The van der Waals surface area contributed by atoms with Crippen LogP contribution >= 0.6 is 0 Å². The molecule has 1 saturated heterocycles. The van der Waals surface area contributed by atoms with Crippen molar-refractivity contribution >= 4 is 0 Å². The molecule has 1 heterocycles. The number of nitrogens with zero attached hydrogens (tertiary/aromatic N) is 1. The summed E-state index contributed by atoms with van der Waals surface area (Å²) in [5.41, 5.74) is 0. The average molecular weight is 252 g/mol. The van der Waals surface area contributed by atoms with Crippen molar-refractivity contribution in [2.75, 3.05) is 19.6 Å². The van der Waals surface area contributed by atoms with E-state index in [1.54, 1.807) is 0 Å². The van der Waals surface area contributed by atoms with E-state index >= 15 is 0 Å². The van der Waals surface area contributed by atoms with Crippen molar-refractivity contribution < 1.29 is 0 Å². The molecule has 106 valence electrons. The first-order valence-corrected chi connectivity index (χ1v) is 8.07. The molecule has 1 saturated carbocycles. The molecule has 18 heavy (non-hydrogen) atoms. The van der Waals surface area contributed by atoms with Crippen LogP contribution in [0.15, 0.2) is 0 Å². The first kappa shape index (κ1) is 14.3. The van der Waals surface area contributed by atoms with Gasteiger partial charge in [0.2, 0.25) is 0 Å². The summed E-state index contributed by atoms with van der Waals surface area (Å²) < 4.78 is 0. The van der Waals surface area contributed by atoms with Crippen LogP contribution in [0, 0.1) is 17.8 Å². The van der Waals surface area contributed by atoms with E-state index in [2.05, 4.69) is 37.9 Å². The third-order valence-corrected chi connectivity index (χ3v) is 5.00. The maximum Gasteiger partial charge on any atom is 0.0198 e. The molecule has 2 rings (SSSR count). The van der Waals surface area contributed by atoms with Crippen LogP contribution in [0.5, 0.6) is 0 Å². The van der Waals surface area contributed by atoms with Crippen molar-refractivity contribution in [3.63, 3.8) is 0 Å². The van der Waals surface area contributed by atoms with Crippen LogP contribution in [0.4, 0.5) is 0 Å². The normalized spacial score (nSPS) is 37.8. The number of nitrogens with one attached hydrogen (secondary N) is 1. The topological polar surface area (TPSA) is 15.3 Å². The largest absolute Gasteiger partial charge is 0.312 e. The third-order valence-electron chi connectivity index (χ3n) is 5.00. The summed E-state index contributed by atoms with van der Waals surface area (Å²) in [6, 6.07) is 1.63. The van der Waals surface area contributed by atoms with Gasteiger partial charge >= 0.3 is 0 Å². The number of hydrogen-bond acceptors (Lipinski definition) is 2. The predicted molar refractivity (Wildman–Crippen MR) is 78.8 cm³/mol. The molecule has 0 aromatic rings. The van der Waals surface area contributed by atoms with Gasteiger partial charge in [-0.25, -0.2) is 0 Å². The second kappa shape index (κ2) is 6.38. The summed E-state index contributed by atoms with van der Waals surface area (Å²) in [6.45, 7) is 13.2. The zero-order valence-electron chi connectivity index (χ0n) is 12.8. The summed E-state index contributed by atoms with van der Waals surface area (Å²) in [5, 5.41) is 3.79. The molecule has 2 heteroatoms.